The molecule has 1 heterocycles. The summed E-state index contributed by atoms with van der Waals surface area (Å²) >= 11 is 0. The van der Waals surface area contributed by atoms with Crippen molar-refractivity contribution >= 4 is 6.03 Å². The first-order valence-electron chi connectivity index (χ1n) is 10.1. The molecule has 0 bridgehead atoms. The molecule has 1 aliphatic heterocycles. The van der Waals surface area contributed by atoms with E-state index >= 15 is 0 Å². The van der Waals surface area contributed by atoms with E-state index in [2.05, 4.69) is 10.6 Å². The number of urea groups is 1. The van der Waals surface area contributed by atoms with Gasteiger partial charge in [0, 0.05) is 12.6 Å². The van der Waals surface area contributed by atoms with Gasteiger partial charge < -0.3 is 29.6 Å². The highest BCUT2D eigenvalue weighted by molar-refractivity contribution is 5.73. The molecule has 0 atom stereocenters. The Bertz CT molecular complexity index is 818. The molecule has 0 radical (unpaired) electrons. The van der Waals surface area contributed by atoms with E-state index in [1.54, 1.807) is 6.07 Å². The van der Waals surface area contributed by atoms with E-state index in [9.17, 15) is 4.79 Å². The van der Waals surface area contributed by atoms with Crippen LogP contribution in [0, 0.1) is 0 Å². The summed E-state index contributed by atoms with van der Waals surface area (Å²) in [6, 6.07) is 13.1. The summed E-state index contributed by atoms with van der Waals surface area (Å²) in [7, 11) is 0. The predicted octanol–water partition coefficient (Wildman–Crippen LogP) is 3.61. The van der Waals surface area contributed by atoms with E-state index in [1.165, 1.54) is 12.8 Å². The Morgan fingerprint density at radius 3 is 2.55 bits per heavy atom. The van der Waals surface area contributed by atoms with Gasteiger partial charge in [-0.2, -0.15) is 0 Å². The highest BCUT2D eigenvalue weighted by atomic mass is 16.7. The second-order valence-corrected chi connectivity index (χ2v) is 7.14. The molecule has 0 aromatic heterocycles. The molecule has 2 aromatic carbocycles. The van der Waals surface area contributed by atoms with Crippen molar-refractivity contribution in [3.63, 3.8) is 0 Å². The smallest absolute Gasteiger partial charge is 0.315 e. The average molecular weight is 398 g/mol. The number of benzene rings is 2. The maximum absolute atomic E-state index is 11.9. The van der Waals surface area contributed by atoms with Gasteiger partial charge in [0.05, 0.1) is 12.6 Å². The van der Waals surface area contributed by atoms with Gasteiger partial charge in [0.1, 0.15) is 18.1 Å². The normalized spacial score (nSPS) is 15.2. The van der Waals surface area contributed by atoms with Crippen molar-refractivity contribution in [1.29, 1.82) is 0 Å². The highest BCUT2D eigenvalue weighted by Gasteiger charge is 2.16. The third-order valence-corrected chi connectivity index (χ3v) is 4.98. The molecule has 0 saturated heterocycles. The Kier molecular flexibility index (Phi) is 6.24. The number of fused-ring (bicyclic) bond motifs is 1. The Morgan fingerprint density at radius 2 is 1.72 bits per heavy atom. The number of carbonyl (C=O) groups excluding carboxylic acids is 1. The van der Waals surface area contributed by atoms with Gasteiger partial charge in [0.2, 0.25) is 6.79 Å². The van der Waals surface area contributed by atoms with Gasteiger partial charge in [-0.25, -0.2) is 4.79 Å². The standard InChI is InChI=1S/C22H26N2O5/c25-22(23-11-12-26-19-9-10-20-21(13-19)28-15-27-20)24-14-16-5-7-18(8-6-16)29-17-3-1-2-4-17/h5-10,13,17H,1-4,11-12,14-15H2,(H2,23,24,25). The van der Waals surface area contributed by atoms with Crippen molar-refractivity contribution in [2.24, 2.45) is 0 Å². The largest absolute Gasteiger partial charge is 0.492 e. The fourth-order valence-corrected chi connectivity index (χ4v) is 3.43. The quantitative estimate of drug-likeness (QED) is 0.664. The van der Waals surface area contributed by atoms with E-state index in [1.807, 2.05) is 36.4 Å². The average Bonchev–Trinajstić information content (AvgIpc) is 3.42. The van der Waals surface area contributed by atoms with Gasteiger partial charge in [-0.05, 0) is 55.5 Å². The van der Waals surface area contributed by atoms with Crippen LogP contribution in [0.4, 0.5) is 4.79 Å². The maximum Gasteiger partial charge on any atom is 0.315 e. The molecule has 7 nitrogen and oxygen atoms in total. The molecule has 0 unspecified atom stereocenters. The lowest BCUT2D eigenvalue weighted by Crippen LogP contribution is -2.37. The molecule has 1 aliphatic carbocycles. The SMILES string of the molecule is O=C(NCCOc1ccc2c(c1)OCO2)NCc1ccc(OC2CCCC2)cc1. The lowest BCUT2D eigenvalue weighted by Gasteiger charge is -2.13. The molecule has 1 fully saturated rings. The van der Waals surface area contributed by atoms with Crippen LogP contribution < -0.4 is 29.6 Å². The summed E-state index contributed by atoms with van der Waals surface area (Å²) in [6.45, 7) is 1.45. The van der Waals surface area contributed by atoms with Gasteiger partial charge in [-0.15, -0.1) is 0 Å². The first-order chi connectivity index (χ1) is 14.3. The van der Waals surface area contributed by atoms with Gasteiger partial charge in [-0.1, -0.05) is 12.1 Å². The van der Waals surface area contributed by atoms with Crippen LogP contribution in [0.25, 0.3) is 0 Å². The molecular weight excluding hydrogens is 372 g/mol. The Balaban J connectivity index is 1.12. The number of nitrogens with one attached hydrogen (secondary N) is 2. The zero-order valence-corrected chi connectivity index (χ0v) is 16.3. The minimum atomic E-state index is -0.231. The number of hydrogen-bond donors (Lipinski definition) is 2. The van der Waals surface area contributed by atoms with Crippen molar-refractivity contribution in [3.8, 4) is 23.0 Å². The van der Waals surface area contributed by atoms with E-state index in [4.69, 9.17) is 18.9 Å². The van der Waals surface area contributed by atoms with Crippen LogP contribution in [-0.2, 0) is 6.54 Å². The molecule has 0 spiro atoms. The van der Waals surface area contributed by atoms with Crippen LogP contribution in [0.2, 0.25) is 0 Å². The molecule has 1 saturated carbocycles. The second-order valence-electron chi connectivity index (χ2n) is 7.14. The number of ether oxygens (including phenoxy) is 4. The first-order valence-corrected chi connectivity index (χ1v) is 10.1. The maximum atomic E-state index is 11.9. The summed E-state index contributed by atoms with van der Waals surface area (Å²) in [4.78, 5) is 11.9. The van der Waals surface area contributed by atoms with Crippen LogP contribution in [0.15, 0.2) is 42.5 Å². The molecular formula is C22H26N2O5. The third-order valence-electron chi connectivity index (χ3n) is 4.98. The summed E-state index contributed by atoms with van der Waals surface area (Å²) in [5.41, 5.74) is 1.02. The highest BCUT2D eigenvalue weighted by Crippen LogP contribution is 2.35. The van der Waals surface area contributed by atoms with E-state index in [-0.39, 0.29) is 12.8 Å². The van der Waals surface area contributed by atoms with Crippen LogP contribution >= 0.6 is 0 Å². The second kappa shape index (κ2) is 9.41. The molecule has 7 heteroatoms. The van der Waals surface area contributed by atoms with Gasteiger partial charge >= 0.3 is 6.03 Å². The Hall–Kier alpha value is -3.09. The van der Waals surface area contributed by atoms with Crippen molar-refractivity contribution in [1.82, 2.24) is 10.6 Å². The number of carbonyl (C=O) groups is 1. The van der Waals surface area contributed by atoms with Gasteiger partial charge in [0.15, 0.2) is 11.5 Å². The topological polar surface area (TPSA) is 78.1 Å². The fraction of sp³-hybridized carbons (Fsp3) is 0.409. The predicted molar refractivity (Wildman–Crippen MR) is 108 cm³/mol. The monoisotopic (exact) mass is 398 g/mol. The van der Waals surface area contributed by atoms with Crippen LogP contribution in [0.1, 0.15) is 31.2 Å². The Labute approximate surface area is 170 Å². The summed E-state index contributed by atoms with van der Waals surface area (Å²) in [5, 5.41) is 5.62. The van der Waals surface area contributed by atoms with Crippen LogP contribution in [0.5, 0.6) is 23.0 Å². The molecule has 2 aromatic rings. The van der Waals surface area contributed by atoms with Gasteiger partial charge in [-0.3, -0.25) is 0 Å². The lowest BCUT2D eigenvalue weighted by molar-refractivity contribution is 0.173. The van der Waals surface area contributed by atoms with Crippen molar-refractivity contribution in [2.45, 2.75) is 38.3 Å². The summed E-state index contributed by atoms with van der Waals surface area (Å²) < 4.78 is 22.1. The van der Waals surface area contributed by atoms with Gasteiger partial charge in [0.25, 0.3) is 0 Å². The number of hydrogen-bond acceptors (Lipinski definition) is 5. The van der Waals surface area contributed by atoms with Crippen LogP contribution in [-0.4, -0.2) is 32.1 Å². The van der Waals surface area contributed by atoms with E-state index in [0.717, 1.165) is 24.2 Å². The third kappa shape index (κ3) is 5.47. The molecule has 2 amide bonds. The van der Waals surface area contributed by atoms with E-state index < -0.39 is 0 Å². The first kappa shape index (κ1) is 19.2. The fourth-order valence-electron chi connectivity index (χ4n) is 3.43. The Morgan fingerprint density at radius 1 is 0.966 bits per heavy atom. The molecule has 4 rings (SSSR count). The van der Waals surface area contributed by atoms with Crippen molar-refractivity contribution < 1.29 is 23.7 Å². The molecule has 154 valence electrons. The molecule has 2 aliphatic rings. The lowest BCUT2D eigenvalue weighted by atomic mass is 10.2. The summed E-state index contributed by atoms with van der Waals surface area (Å²) in [6.07, 6.45) is 5.14. The van der Waals surface area contributed by atoms with Crippen LogP contribution in [0.3, 0.4) is 0 Å². The van der Waals surface area contributed by atoms with Crippen molar-refractivity contribution in [3.05, 3.63) is 48.0 Å². The molecule has 29 heavy (non-hydrogen) atoms. The minimum Gasteiger partial charge on any atom is -0.492 e. The number of rotatable bonds is 8. The zero-order chi connectivity index (χ0) is 19.9. The van der Waals surface area contributed by atoms with E-state index in [0.29, 0.717) is 43.0 Å². The summed E-state index contributed by atoms with van der Waals surface area (Å²) in [5.74, 6) is 2.96. The minimum absolute atomic E-state index is 0.231. The van der Waals surface area contributed by atoms with Crippen molar-refractivity contribution in [2.75, 3.05) is 19.9 Å². The number of amides is 2. The molecule has 2 N–H and O–H groups in total. The zero-order valence-electron chi connectivity index (χ0n) is 16.3.